The Morgan fingerprint density at radius 1 is 0.892 bits per heavy atom. The first-order valence-electron chi connectivity index (χ1n) is 11.5. The van der Waals surface area contributed by atoms with Crippen molar-refractivity contribution in [1.82, 2.24) is 29.3 Å². The fourth-order valence-electron chi connectivity index (χ4n) is 3.82. The molecule has 0 aliphatic rings. The highest BCUT2D eigenvalue weighted by atomic mass is 127. The van der Waals surface area contributed by atoms with Crippen LogP contribution in [-0.4, -0.2) is 35.5 Å². The van der Waals surface area contributed by atoms with Crippen molar-refractivity contribution in [2.75, 3.05) is 16.9 Å². The van der Waals surface area contributed by atoms with Gasteiger partial charge in [-0.1, -0.05) is 0 Å². The molecule has 8 nitrogen and oxygen atoms in total. The van der Waals surface area contributed by atoms with Crippen molar-refractivity contribution < 1.29 is 0 Å². The Hall–Kier alpha value is -2.34. The summed E-state index contributed by atoms with van der Waals surface area (Å²) in [7, 11) is 0. The number of imidazole rings is 1. The third-order valence-corrected chi connectivity index (χ3v) is 10.1. The maximum absolute atomic E-state index is 4.90. The lowest BCUT2D eigenvalue weighted by Crippen LogP contribution is -2.02. The van der Waals surface area contributed by atoms with Gasteiger partial charge in [-0.05, 0) is 81.1 Å². The third kappa shape index (κ3) is 5.32. The monoisotopic (exact) mass is 660 g/mol. The van der Waals surface area contributed by atoms with E-state index >= 15 is 0 Å². The summed E-state index contributed by atoms with van der Waals surface area (Å²) in [6.07, 6.45) is 4.30. The van der Waals surface area contributed by atoms with Gasteiger partial charge in [-0.3, -0.25) is 9.32 Å². The van der Waals surface area contributed by atoms with Gasteiger partial charge in [-0.25, -0.2) is 19.9 Å². The van der Waals surface area contributed by atoms with Crippen molar-refractivity contribution in [2.45, 2.75) is 39.5 Å². The minimum Gasteiger partial charge on any atom is -0.353 e. The maximum Gasteiger partial charge on any atom is 0.168 e. The van der Waals surface area contributed by atoms with Gasteiger partial charge in [0.1, 0.15) is 28.0 Å². The second-order valence-electron chi connectivity index (χ2n) is 8.56. The Kier molecular flexibility index (Phi) is 7.67. The van der Waals surface area contributed by atoms with E-state index in [0.29, 0.717) is 18.0 Å². The molecule has 12 heteroatoms. The van der Waals surface area contributed by atoms with Crippen LogP contribution in [0.2, 0.25) is 0 Å². The topological polar surface area (TPSA) is 93.4 Å². The zero-order valence-corrected chi connectivity index (χ0v) is 26.1. The molecule has 5 rings (SSSR count). The number of anilines is 4. The molecule has 0 fully saturated rings. The fraction of sp³-hybridized carbons (Fsp3) is 0.240. The SMILES string of the molecule is CSc1cc(-c2nc(C)c(C)s2)ccc1Nc1cc(Nc2cnc(C)c(C)n2)nc2c1nc(C)n2PI. The number of thiazole rings is 1. The van der Waals surface area contributed by atoms with Crippen molar-refractivity contribution in [3.8, 4) is 10.6 Å². The van der Waals surface area contributed by atoms with Gasteiger partial charge in [0, 0.05) is 21.4 Å². The lowest BCUT2D eigenvalue weighted by atomic mass is 10.2. The predicted molar refractivity (Wildman–Crippen MR) is 167 cm³/mol. The number of halogens is 1. The standard InChI is InChI=1S/C25H26IN8PS2/c1-12-13(2)28-22(11-27-12)32-21-10-19(23-24(33-21)34(35-26)16(5)30-23)31-18-8-7-17(9-20(18)36-6)25-29-14(3)15(4)37-25/h7-11,35H,1-6H3,(H2,28,31,32,33). The maximum atomic E-state index is 4.90. The van der Waals surface area contributed by atoms with Crippen LogP contribution in [0.5, 0.6) is 0 Å². The number of hydrogen-bond acceptors (Lipinski definition) is 9. The second kappa shape index (κ2) is 10.8. The molecule has 0 radical (unpaired) electrons. The molecule has 0 aliphatic carbocycles. The third-order valence-electron chi connectivity index (χ3n) is 6.06. The van der Waals surface area contributed by atoms with E-state index in [0.717, 1.165) is 60.9 Å². The number of benzene rings is 1. The number of aromatic nitrogens is 6. The second-order valence-corrected chi connectivity index (χ2v) is 12.7. The molecule has 190 valence electrons. The van der Waals surface area contributed by atoms with Crippen molar-refractivity contribution in [3.05, 3.63) is 58.2 Å². The molecule has 0 bridgehead atoms. The van der Waals surface area contributed by atoms with Crippen LogP contribution in [0.4, 0.5) is 23.0 Å². The molecule has 4 aromatic heterocycles. The molecule has 4 heterocycles. The predicted octanol–water partition coefficient (Wildman–Crippen LogP) is 7.89. The van der Waals surface area contributed by atoms with Crippen LogP contribution in [0.3, 0.4) is 0 Å². The van der Waals surface area contributed by atoms with E-state index in [1.807, 2.05) is 26.8 Å². The Morgan fingerprint density at radius 3 is 2.38 bits per heavy atom. The molecule has 0 saturated heterocycles. The highest BCUT2D eigenvalue weighted by molar-refractivity contribution is 14.2. The normalized spacial score (nSPS) is 11.6. The van der Waals surface area contributed by atoms with Gasteiger partial charge in [0.05, 0.1) is 41.0 Å². The van der Waals surface area contributed by atoms with Crippen molar-refractivity contribution in [3.63, 3.8) is 0 Å². The minimum absolute atomic E-state index is 0.481. The van der Waals surface area contributed by atoms with Crippen LogP contribution in [0.15, 0.2) is 35.4 Å². The molecule has 1 unspecified atom stereocenters. The Bertz CT molecular complexity index is 1610. The van der Waals surface area contributed by atoms with Crippen molar-refractivity contribution >= 4 is 85.7 Å². The number of fused-ring (bicyclic) bond motifs is 1. The van der Waals surface area contributed by atoms with Gasteiger partial charge < -0.3 is 10.6 Å². The lowest BCUT2D eigenvalue weighted by molar-refractivity contribution is 1.05. The number of rotatable bonds is 7. The van der Waals surface area contributed by atoms with Gasteiger partial charge in [-0.2, -0.15) is 0 Å². The molecule has 37 heavy (non-hydrogen) atoms. The molecule has 0 spiro atoms. The number of thioether (sulfide) groups is 1. The summed E-state index contributed by atoms with van der Waals surface area (Å²) in [6, 6.07) is 8.42. The van der Waals surface area contributed by atoms with E-state index in [1.165, 1.54) is 4.88 Å². The number of aryl methyl sites for hydroxylation is 5. The molecule has 1 atom stereocenters. The van der Waals surface area contributed by atoms with E-state index in [9.17, 15) is 0 Å². The van der Waals surface area contributed by atoms with Crippen LogP contribution in [0.1, 0.15) is 27.8 Å². The molecule has 5 aromatic rings. The number of nitrogens with one attached hydrogen (secondary N) is 2. The molecule has 1 aromatic carbocycles. The lowest BCUT2D eigenvalue weighted by Gasteiger charge is -2.14. The smallest absolute Gasteiger partial charge is 0.168 e. The van der Waals surface area contributed by atoms with Crippen molar-refractivity contribution in [1.29, 1.82) is 0 Å². The average Bonchev–Trinajstić information content (AvgIpc) is 3.39. The van der Waals surface area contributed by atoms with Crippen LogP contribution in [0.25, 0.3) is 21.7 Å². The summed E-state index contributed by atoms with van der Waals surface area (Å²) in [5, 5.41) is 8.03. The molecule has 2 N–H and O–H groups in total. The number of hydrogen-bond donors (Lipinski definition) is 2. The van der Waals surface area contributed by atoms with Gasteiger partial charge in [0.2, 0.25) is 0 Å². The summed E-state index contributed by atoms with van der Waals surface area (Å²) < 4.78 is 2.13. The summed E-state index contributed by atoms with van der Waals surface area (Å²) in [5.41, 5.74) is 7.55. The minimum atomic E-state index is 0.481. The van der Waals surface area contributed by atoms with E-state index in [-0.39, 0.29) is 0 Å². The number of nitrogens with zero attached hydrogens (tertiary/aromatic N) is 6. The van der Waals surface area contributed by atoms with Crippen LogP contribution in [-0.2, 0) is 0 Å². The molecular formula is C25H26IN8PS2. The highest BCUT2D eigenvalue weighted by Gasteiger charge is 2.17. The first kappa shape index (κ1) is 26.3. The van der Waals surface area contributed by atoms with E-state index in [4.69, 9.17) is 15.0 Å². The largest absolute Gasteiger partial charge is 0.353 e. The molecule has 0 saturated carbocycles. The molecule has 0 aliphatic heterocycles. The van der Waals surface area contributed by atoms with Crippen LogP contribution < -0.4 is 10.6 Å². The first-order valence-corrected chi connectivity index (χ1v) is 17.6. The summed E-state index contributed by atoms with van der Waals surface area (Å²) in [6.45, 7) is 10.1. The molecular weight excluding hydrogens is 634 g/mol. The number of pyridine rings is 1. The summed E-state index contributed by atoms with van der Waals surface area (Å²) >= 11 is 5.80. The van der Waals surface area contributed by atoms with E-state index < -0.39 is 0 Å². The fourth-order valence-corrected chi connectivity index (χ4v) is 7.45. The van der Waals surface area contributed by atoms with Gasteiger partial charge in [0.25, 0.3) is 0 Å². The van der Waals surface area contributed by atoms with E-state index in [2.05, 4.69) is 85.3 Å². The molecule has 0 amide bonds. The summed E-state index contributed by atoms with van der Waals surface area (Å²) in [4.78, 5) is 25.9. The Labute approximate surface area is 238 Å². The first-order chi connectivity index (χ1) is 17.8. The Morgan fingerprint density at radius 2 is 1.70 bits per heavy atom. The summed E-state index contributed by atoms with van der Waals surface area (Å²) in [5.74, 6) is 2.26. The van der Waals surface area contributed by atoms with Gasteiger partial charge >= 0.3 is 0 Å². The van der Waals surface area contributed by atoms with Crippen molar-refractivity contribution in [2.24, 2.45) is 0 Å². The van der Waals surface area contributed by atoms with E-state index in [1.54, 1.807) is 29.3 Å². The van der Waals surface area contributed by atoms with Gasteiger partial charge in [0.15, 0.2) is 5.65 Å². The zero-order chi connectivity index (χ0) is 26.3. The zero-order valence-electron chi connectivity index (χ0n) is 21.3. The average molecular weight is 661 g/mol. The van der Waals surface area contributed by atoms with Crippen LogP contribution >= 0.6 is 51.5 Å². The highest BCUT2D eigenvalue weighted by Crippen LogP contribution is 2.39. The van der Waals surface area contributed by atoms with Gasteiger partial charge in [-0.15, -0.1) is 23.1 Å². The van der Waals surface area contributed by atoms with Crippen LogP contribution in [0, 0.1) is 34.6 Å². The quantitative estimate of drug-likeness (QED) is 0.104. The Balaban J connectivity index is 1.56.